The Bertz CT molecular complexity index is 1360. The second-order valence-corrected chi connectivity index (χ2v) is 8.86. The Morgan fingerprint density at radius 2 is 2.09 bits per heavy atom. The number of rotatable bonds is 6. The van der Waals surface area contributed by atoms with Crippen molar-refractivity contribution < 1.29 is 19.0 Å². The predicted octanol–water partition coefficient (Wildman–Crippen LogP) is 3.62. The van der Waals surface area contributed by atoms with Crippen molar-refractivity contribution in [1.29, 1.82) is 0 Å². The molecule has 10 nitrogen and oxygen atoms in total. The number of aromatic nitrogens is 4. The number of nitrogen functional groups attached to an aromatic ring is 1. The van der Waals surface area contributed by atoms with Gasteiger partial charge < -0.3 is 20.2 Å². The predicted molar refractivity (Wildman–Crippen MR) is 120 cm³/mol. The van der Waals surface area contributed by atoms with Crippen molar-refractivity contribution in [3.05, 3.63) is 62.9 Å². The largest absolute Gasteiger partial charge is 0.454 e. The van der Waals surface area contributed by atoms with Crippen molar-refractivity contribution in [2.45, 2.75) is 23.0 Å². The number of aromatic amines is 1. The number of halogens is 1. The third-order valence-electron chi connectivity index (χ3n) is 4.92. The van der Waals surface area contributed by atoms with E-state index in [0.717, 1.165) is 14.9 Å². The molecule has 2 aromatic carbocycles. The standard InChI is InChI=1S/C20H15BrN6O4S/c21-13-7-14-15(31-10-30-14)8-16(13)32-20-24-17-18(22)23-9-26(19(17)25-20)5-4-11-2-1-3-12(6-11)27(28)29/h1-3,6-9H,4-5,10H2,(H2,22,24,25)/p+1. The van der Waals surface area contributed by atoms with Crippen molar-refractivity contribution in [3.63, 3.8) is 0 Å². The fourth-order valence-electron chi connectivity index (χ4n) is 3.35. The van der Waals surface area contributed by atoms with Crippen LogP contribution in [0.4, 0.5) is 11.5 Å². The van der Waals surface area contributed by atoms with Crippen LogP contribution in [0.5, 0.6) is 11.5 Å². The van der Waals surface area contributed by atoms with Gasteiger partial charge in [0.25, 0.3) is 11.3 Å². The number of hydrogen-bond acceptors (Lipinski definition) is 8. The van der Waals surface area contributed by atoms with Gasteiger partial charge in [-0.25, -0.2) is 4.57 Å². The molecule has 0 saturated heterocycles. The first kappa shape index (κ1) is 20.5. The molecule has 1 aliphatic rings. The number of H-pyrrole nitrogens is 1. The third kappa shape index (κ3) is 3.94. The summed E-state index contributed by atoms with van der Waals surface area (Å²) in [5.41, 5.74) is 8.28. The fraction of sp³-hybridized carbons (Fsp3) is 0.150. The number of nitrogens with two attached hydrogens (primary N) is 1. The highest BCUT2D eigenvalue weighted by Gasteiger charge is 2.22. The van der Waals surface area contributed by atoms with Crippen molar-refractivity contribution >= 4 is 50.4 Å². The molecule has 32 heavy (non-hydrogen) atoms. The molecule has 4 aromatic rings. The highest BCUT2D eigenvalue weighted by molar-refractivity contribution is 9.10. The Morgan fingerprint density at radius 1 is 1.28 bits per heavy atom. The molecule has 162 valence electrons. The molecule has 0 spiro atoms. The molecular formula is C20H16BrN6O4S+. The molecule has 0 aliphatic carbocycles. The van der Waals surface area contributed by atoms with Crippen molar-refractivity contribution in [2.24, 2.45) is 0 Å². The molecule has 0 radical (unpaired) electrons. The lowest BCUT2D eigenvalue weighted by Crippen LogP contribution is -2.36. The first-order valence-corrected chi connectivity index (χ1v) is 11.1. The first-order chi connectivity index (χ1) is 15.5. The number of aryl methyl sites for hydroxylation is 2. The molecule has 0 saturated carbocycles. The molecule has 0 amide bonds. The number of fused-ring (bicyclic) bond motifs is 2. The maximum absolute atomic E-state index is 11.0. The molecule has 3 N–H and O–H groups in total. The van der Waals surface area contributed by atoms with Gasteiger partial charge >= 0.3 is 0 Å². The van der Waals surface area contributed by atoms with E-state index in [2.05, 4.69) is 25.9 Å². The quantitative estimate of drug-likeness (QED) is 0.226. The van der Waals surface area contributed by atoms with E-state index < -0.39 is 4.92 Å². The Morgan fingerprint density at radius 3 is 2.91 bits per heavy atom. The maximum atomic E-state index is 11.0. The van der Waals surface area contributed by atoms with Crippen molar-refractivity contribution in [3.8, 4) is 11.5 Å². The average molecular weight is 516 g/mol. The number of nitro benzene ring substituents is 1. The summed E-state index contributed by atoms with van der Waals surface area (Å²) in [4.78, 5) is 23.7. The molecule has 12 heteroatoms. The Balaban J connectivity index is 1.42. The minimum Gasteiger partial charge on any atom is -0.454 e. The van der Waals surface area contributed by atoms with E-state index in [0.29, 0.717) is 46.6 Å². The van der Waals surface area contributed by atoms with Crippen LogP contribution in [0.1, 0.15) is 5.56 Å². The molecule has 2 aromatic heterocycles. The van der Waals surface area contributed by atoms with Crippen LogP contribution in [-0.2, 0) is 13.0 Å². The summed E-state index contributed by atoms with van der Waals surface area (Å²) in [6.07, 6.45) is 2.21. The van der Waals surface area contributed by atoms with E-state index in [4.69, 9.17) is 20.2 Å². The van der Waals surface area contributed by atoms with Gasteiger partial charge in [0, 0.05) is 27.9 Å². The second kappa shape index (κ2) is 8.28. The van der Waals surface area contributed by atoms with E-state index in [1.165, 1.54) is 17.8 Å². The SMILES string of the molecule is Nc1nc[n+](CCc2cccc([N+](=O)[O-])c2)c2nc(Sc3cc4c(cc3Br)OCO4)[nH]c12. The van der Waals surface area contributed by atoms with Gasteiger partial charge in [-0.2, -0.15) is 0 Å². The van der Waals surface area contributed by atoms with Crippen molar-refractivity contribution in [1.82, 2.24) is 15.0 Å². The average Bonchev–Trinajstić information content (AvgIpc) is 3.41. The van der Waals surface area contributed by atoms with E-state index in [9.17, 15) is 10.1 Å². The number of anilines is 1. The van der Waals surface area contributed by atoms with E-state index >= 15 is 0 Å². The summed E-state index contributed by atoms with van der Waals surface area (Å²) in [6, 6.07) is 10.3. The molecule has 0 unspecified atom stereocenters. The number of non-ortho nitro benzene ring substituents is 1. The van der Waals surface area contributed by atoms with Gasteiger partial charge in [0.15, 0.2) is 17.0 Å². The van der Waals surface area contributed by atoms with Gasteiger partial charge in [-0.3, -0.25) is 10.1 Å². The van der Waals surface area contributed by atoms with Crippen LogP contribution in [0.3, 0.4) is 0 Å². The summed E-state index contributed by atoms with van der Waals surface area (Å²) >= 11 is 4.98. The lowest BCUT2D eigenvalue weighted by molar-refractivity contribution is -0.675. The van der Waals surface area contributed by atoms with Gasteiger partial charge in [-0.15, -0.1) is 0 Å². The number of nitro groups is 1. The highest BCUT2D eigenvalue weighted by atomic mass is 79.9. The van der Waals surface area contributed by atoms with Crippen LogP contribution in [0, 0.1) is 10.1 Å². The summed E-state index contributed by atoms with van der Waals surface area (Å²) < 4.78 is 13.6. The van der Waals surface area contributed by atoms with Gasteiger partial charge in [0.1, 0.15) is 0 Å². The van der Waals surface area contributed by atoms with Crippen LogP contribution < -0.4 is 19.8 Å². The normalized spacial score (nSPS) is 12.4. The molecule has 0 bridgehead atoms. The minimum absolute atomic E-state index is 0.0702. The Kier molecular flexibility index (Phi) is 5.31. The zero-order valence-corrected chi connectivity index (χ0v) is 18.9. The van der Waals surface area contributed by atoms with E-state index in [1.54, 1.807) is 18.5 Å². The van der Waals surface area contributed by atoms with Crippen LogP contribution in [0.15, 0.2) is 57.3 Å². The monoisotopic (exact) mass is 515 g/mol. The van der Waals surface area contributed by atoms with Gasteiger partial charge in [0.2, 0.25) is 24.1 Å². The molecule has 0 atom stereocenters. The zero-order chi connectivity index (χ0) is 22.2. The van der Waals surface area contributed by atoms with Gasteiger partial charge in [-0.1, -0.05) is 22.1 Å². The summed E-state index contributed by atoms with van der Waals surface area (Å²) in [7, 11) is 0. The minimum atomic E-state index is -0.398. The fourth-order valence-corrected chi connectivity index (χ4v) is 4.73. The zero-order valence-electron chi connectivity index (χ0n) is 16.4. The molecular weight excluding hydrogens is 500 g/mol. The van der Waals surface area contributed by atoms with Crippen LogP contribution in [-0.4, -0.2) is 26.7 Å². The number of ether oxygens (including phenoxy) is 2. The number of nitrogens with zero attached hydrogens (tertiary/aromatic N) is 4. The van der Waals surface area contributed by atoms with E-state index in [1.807, 2.05) is 22.8 Å². The van der Waals surface area contributed by atoms with Crippen LogP contribution >= 0.6 is 27.7 Å². The lowest BCUT2D eigenvalue weighted by atomic mass is 10.1. The molecule has 1 aliphatic heterocycles. The molecule has 0 fully saturated rings. The third-order valence-corrected chi connectivity index (χ3v) is 6.79. The van der Waals surface area contributed by atoms with Crippen LogP contribution in [0.25, 0.3) is 11.2 Å². The molecule has 3 heterocycles. The van der Waals surface area contributed by atoms with E-state index in [-0.39, 0.29) is 12.5 Å². The lowest BCUT2D eigenvalue weighted by Gasteiger charge is -2.03. The highest BCUT2D eigenvalue weighted by Crippen LogP contribution is 2.42. The Labute approximate surface area is 194 Å². The Hall–Kier alpha value is -3.38. The summed E-state index contributed by atoms with van der Waals surface area (Å²) in [6.45, 7) is 0.737. The summed E-state index contributed by atoms with van der Waals surface area (Å²) in [5, 5.41) is 11.7. The molecule has 5 rings (SSSR count). The van der Waals surface area contributed by atoms with Crippen molar-refractivity contribution in [2.75, 3.05) is 12.5 Å². The van der Waals surface area contributed by atoms with Crippen LogP contribution in [0.2, 0.25) is 0 Å². The van der Waals surface area contributed by atoms with Gasteiger partial charge in [-0.05, 0) is 45.4 Å². The maximum Gasteiger partial charge on any atom is 0.294 e. The first-order valence-electron chi connectivity index (χ1n) is 9.52. The van der Waals surface area contributed by atoms with Gasteiger partial charge in [0.05, 0.1) is 11.5 Å². The number of benzene rings is 2. The second-order valence-electron chi connectivity index (χ2n) is 6.98. The number of imidazole rings is 1. The number of nitrogens with one attached hydrogen (secondary N) is 1. The smallest absolute Gasteiger partial charge is 0.294 e. The topological polar surface area (TPSA) is 133 Å². The number of hydrogen-bond donors (Lipinski definition) is 2. The summed E-state index contributed by atoms with van der Waals surface area (Å²) in [5.74, 6) is 1.72.